The smallest absolute Gasteiger partial charge is 0.488 e. The minimum atomic E-state index is -1.76. The van der Waals surface area contributed by atoms with Crippen molar-refractivity contribution in [2.24, 2.45) is 0 Å². The van der Waals surface area contributed by atoms with E-state index in [0.29, 0.717) is 75.0 Å². The standard InChI is InChI=1S/C23H25F2NO5.C18H16F2O3.C13H15BrO3.C8H7BrO3.C6H5BF2O2.C5H10O/c1-23(2,3)31-22(28)26-10-9-16(13-26)30-20-8-6-15(21(27)29-4)11-17(20)14-5-7-18(24)19(25)12-14;19-15-7-5-11(10-16(15)20)14-9-12(18(21)22)6-8-17(14)23-13-3-1-2-4-13;1-16-13(15)9-6-7-12(11(14)8-9)17-10-4-2-3-5-10;1-12-8(11)5-2-3-7(10)6(9)4-5;8-5-2-1-4(7(10)11)3-6(5)9;6-5-3-1-2-4-5/h5-8,11-12,16H,9-10,13H2,1-4H3;5-10,13H,1-4H2,(H,21,22);6-8,10H,2-5H2,1H3;2-4,10H,1H3;1-3,10-11H;5-6H,1-4H2/t16-;;;;;/m0...../s1. The van der Waals surface area contributed by atoms with E-state index in [9.17, 15) is 50.3 Å². The third-order valence-electron chi connectivity index (χ3n) is 15.7. The molecule has 18 nitrogen and oxygen atoms in total. The number of carbonyl (C=O) groups excluding carboxylic acids is 4. The molecule has 4 aliphatic rings. The van der Waals surface area contributed by atoms with Crippen molar-refractivity contribution in [3.63, 3.8) is 0 Å². The Morgan fingerprint density at radius 3 is 1.29 bits per heavy atom. The van der Waals surface area contributed by atoms with Crippen molar-refractivity contribution >= 4 is 74.4 Å². The van der Waals surface area contributed by atoms with Crippen molar-refractivity contribution < 1.29 is 109 Å². The van der Waals surface area contributed by atoms with E-state index in [2.05, 4.69) is 41.3 Å². The molecule has 1 heterocycles. The summed E-state index contributed by atoms with van der Waals surface area (Å²) in [7, 11) is 2.18. The molecule has 11 rings (SSSR count). The van der Waals surface area contributed by atoms with Gasteiger partial charge in [0.2, 0.25) is 0 Å². The van der Waals surface area contributed by atoms with E-state index >= 15 is 0 Å². The lowest BCUT2D eigenvalue weighted by molar-refractivity contribution is 0.0274. The summed E-state index contributed by atoms with van der Waals surface area (Å²) in [6.07, 6.45) is 13.6. The monoisotopic (exact) mass is 1520 g/mol. The van der Waals surface area contributed by atoms with Crippen LogP contribution in [0.5, 0.6) is 23.0 Å². The van der Waals surface area contributed by atoms with Gasteiger partial charge in [-0.3, -0.25) is 0 Å². The van der Waals surface area contributed by atoms with Crippen molar-refractivity contribution in [1.82, 2.24) is 4.90 Å². The van der Waals surface area contributed by atoms with Crippen molar-refractivity contribution in [3.05, 3.63) is 193 Å². The Morgan fingerprint density at radius 1 is 0.480 bits per heavy atom. The van der Waals surface area contributed by atoms with Crippen molar-refractivity contribution in [3.8, 4) is 45.3 Å². The number of phenolic OH excluding ortho intramolecular Hbond substituents is 1. The highest BCUT2D eigenvalue weighted by atomic mass is 79.9. The third kappa shape index (κ3) is 24.9. The van der Waals surface area contributed by atoms with Gasteiger partial charge in [-0.2, -0.15) is 0 Å². The molecule has 0 spiro atoms. The second-order valence-electron chi connectivity index (χ2n) is 24.3. The van der Waals surface area contributed by atoms with Crippen molar-refractivity contribution in [2.75, 3.05) is 34.4 Å². The van der Waals surface area contributed by atoms with Gasteiger partial charge in [-0.1, -0.05) is 31.0 Å². The summed E-state index contributed by atoms with van der Waals surface area (Å²) in [4.78, 5) is 59.3. The number of aromatic carboxylic acids is 1. The molecule has 3 saturated carbocycles. The number of aromatic hydroxyl groups is 1. The number of carboxylic acids is 1. The zero-order chi connectivity index (χ0) is 73.4. The number of hydrogen-bond donors (Lipinski definition) is 5. The molecule has 1 saturated heterocycles. The molecular weight excluding hydrogens is 1450 g/mol. The molecule has 0 radical (unpaired) electrons. The van der Waals surface area contributed by atoms with Crippen molar-refractivity contribution in [2.45, 2.75) is 134 Å². The number of aliphatic hydroxyl groups excluding tert-OH is 1. The molecule has 7 aromatic carbocycles. The number of amides is 1. The van der Waals surface area contributed by atoms with Crippen LogP contribution >= 0.6 is 31.9 Å². The van der Waals surface area contributed by atoms with Crippen LogP contribution in [-0.4, -0.2) is 132 Å². The molecule has 0 aromatic heterocycles. The van der Waals surface area contributed by atoms with Gasteiger partial charge in [0.05, 0.1) is 77.4 Å². The first-order valence-electron chi connectivity index (χ1n) is 31.9. The fourth-order valence-electron chi connectivity index (χ4n) is 10.5. The lowest BCUT2D eigenvalue weighted by Crippen LogP contribution is -2.36. The van der Waals surface area contributed by atoms with Gasteiger partial charge in [-0.15, -0.1) is 0 Å². The minimum absolute atomic E-state index is 0.0463. The highest BCUT2D eigenvalue weighted by Gasteiger charge is 2.32. The molecule has 0 unspecified atom stereocenters. The van der Waals surface area contributed by atoms with E-state index in [0.717, 1.165) is 104 Å². The Bertz CT molecular complexity index is 3920. The summed E-state index contributed by atoms with van der Waals surface area (Å²) in [6, 6.07) is 28.4. The number of methoxy groups -OCH3 is 3. The Balaban J connectivity index is 0.000000202. The van der Waals surface area contributed by atoms with Crippen LogP contribution in [0.25, 0.3) is 22.3 Å². The average molecular weight is 1530 g/mol. The normalized spacial score (nSPS) is 14.9. The first kappa shape index (κ1) is 80.4. The van der Waals surface area contributed by atoms with Gasteiger partial charge >= 0.3 is 37.1 Å². The zero-order valence-electron chi connectivity index (χ0n) is 55.7. The number of esters is 3. The van der Waals surface area contributed by atoms with Gasteiger partial charge in [0.25, 0.3) is 0 Å². The largest absolute Gasteiger partial charge is 0.507 e. The predicted octanol–water partition coefficient (Wildman–Crippen LogP) is 15.5. The van der Waals surface area contributed by atoms with E-state index in [-0.39, 0.29) is 46.6 Å². The van der Waals surface area contributed by atoms with E-state index in [1.807, 2.05) is 6.07 Å². The second-order valence-corrected chi connectivity index (χ2v) is 26.0. The highest BCUT2D eigenvalue weighted by Crippen LogP contribution is 2.37. The Kier molecular flexibility index (Phi) is 31.2. The summed E-state index contributed by atoms with van der Waals surface area (Å²) in [5.74, 6) is -6.62. The van der Waals surface area contributed by atoms with Crippen LogP contribution in [0.1, 0.15) is 146 Å². The first-order valence-corrected chi connectivity index (χ1v) is 33.5. The topological polar surface area (TPSA) is 254 Å². The molecule has 1 amide bonds. The maximum absolute atomic E-state index is 13.8. The molecule has 0 bridgehead atoms. The maximum Gasteiger partial charge on any atom is 0.488 e. The number of carbonyl (C=O) groups is 5. The number of aliphatic hydroxyl groups is 1. The molecular formula is C73H78BBr2F6NO17. The molecule has 5 N–H and O–H groups in total. The predicted molar refractivity (Wildman–Crippen MR) is 368 cm³/mol. The van der Waals surface area contributed by atoms with E-state index in [1.165, 1.54) is 102 Å². The van der Waals surface area contributed by atoms with Crippen LogP contribution in [0.15, 0.2) is 136 Å². The number of rotatable bonds is 13. The second kappa shape index (κ2) is 38.8. The fourth-order valence-corrected chi connectivity index (χ4v) is 11.3. The summed E-state index contributed by atoms with van der Waals surface area (Å²) < 4.78 is 117. The maximum atomic E-state index is 13.8. The van der Waals surface area contributed by atoms with E-state index in [4.69, 9.17) is 49.1 Å². The molecule has 1 atom stereocenters. The average Bonchev–Trinajstić information content (AvgIpc) is 1.17. The van der Waals surface area contributed by atoms with Gasteiger partial charge < -0.3 is 63.4 Å². The van der Waals surface area contributed by atoms with Crippen LogP contribution in [-0.2, 0) is 18.9 Å². The third-order valence-corrected chi connectivity index (χ3v) is 16.9. The van der Waals surface area contributed by atoms with Crippen molar-refractivity contribution in [1.29, 1.82) is 0 Å². The van der Waals surface area contributed by atoms with E-state index < -0.39 is 71.6 Å². The SMILES string of the molecule is COC(=O)c1ccc(O)c(Br)c1.COC(=O)c1ccc(OC2CCCC2)c(Br)c1.COC(=O)c1ccc(O[C@H]2CCN(C(=O)OC(C)(C)C)C2)c(-c2ccc(F)c(F)c2)c1.O=C(O)c1ccc(OC2CCCC2)c(-c2ccc(F)c(F)c2)c1.OB(O)c1ccc(F)c(F)c1.OC1CCCC1. The highest BCUT2D eigenvalue weighted by molar-refractivity contribution is 9.11. The Morgan fingerprint density at radius 2 is 0.880 bits per heavy atom. The Hall–Kier alpha value is -8.63. The van der Waals surface area contributed by atoms with Crippen LogP contribution < -0.4 is 19.7 Å². The number of likely N-dealkylation sites (tertiary alicyclic amines) is 1. The number of benzene rings is 7. The molecule has 536 valence electrons. The number of phenols is 1. The van der Waals surface area contributed by atoms with Gasteiger partial charge in [-0.05, 0) is 243 Å². The first-order chi connectivity index (χ1) is 47.5. The molecule has 1 aliphatic heterocycles. The van der Waals surface area contributed by atoms with Crippen LogP contribution in [0.3, 0.4) is 0 Å². The lowest BCUT2D eigenvalue weighted by atomic mass is 9.80. The summed E-state index contributed by atoms with van der Waals surface area (Å²) in [6.45, 7) is 6.19. The molecule has 7 aromatic rings. The minimum Gasteiger partial charge on any atom is -0.507 e. The quantitative estimate of drug-likeness (QED) is 0.0311. The number of hydrogen-bond acceptors (Lipinski definition) is 16. The van der Waals surface area contributed by atoms with Crippen LogP contribution in [0.2, 0.25) is 0 Å². The summed E-state index contributed by atoms with van der Waals surface area (Å²) in [5, 5.41) is 44.0. The van der Waals surface area contributed by atoms with Gasteiger partial charge in [0.15, 0.2) is 34.9 Å². The molecule has 27 heteroatoms. The number of ether oxygens (including phenoxy) is 7. The van der Waals surface area contributed by atoms with Gasteiger partial charge in [-0.25, -0.2) is 50.3 Å². The summed E-state index contributed by atoms with van der Waals surface area (Å²) >= 11 is 6.50. The molecule has 4 fully saturated rings. The van der Waals surface area contributed by atoms with Gasteiger partial charge in [0, 0.05) is 24.1 Å². The molecule has 100 heavy (non-hydrogen) atoms. The van der Waals surface area contributed by atoms with E-state index in [1.54, 1.807) is 49.9 Å². The fraction of sp³-hybridized carbons (Fsp3) is 0.356. The number of halogens is 8. The summed E-state index contributed by atoms with van der Waals surface area (Å²) in [5.41, 5.74) is 2.19. The molecule has 3 aliphatic carbocycles. The Labute approximate surface area is 592 Å². The lowest BCUT2D eigenvalue weighted by Gasteiger charge is -2.24. The number of carboxylic acid groups (broad SMARTS) is 1. The number of nitrogens with zero attached hydrogens (tertiary/aromatic N) is 1. The van der Waals surface area contributed by atoms with Crippen LogP contribution in [0, 0.1) is 34.9 Å². The van der Waals surface area contributed by atoms with Gasteiger partial charge in [0.1, 0.15) is 34.7 Å². The zero-order valence-corrected chi connectivity index (χ0v) is 58.9. The van der Waals surface area contributed by atoms with Crippen LogP contribution in [0.4, 0.5) is 31.1 Å².